The van der Waals surface area contributed by atoms with Gasteiger partial charge in [0.2, 0.25) is 130 Å². The lowest BCUT2D eigenvalue weighted by atomic mass is 10.0. The molecule has 11 heterocycles. The lowest BCUT2D eigenvalue weighted by molar-refractivity contribution is -0.148. The van der Waals surface area contributed by atoms with E-state index in [-0.39, 0.29) is 168 Å². The summed E-state index contributed by atoms with van der Waals surface area (Å²) in [5, 5.41) is 109. The second-order valence-corrected chi connectivity index (χ2v) is 38.6. The molecule has 800 valence electrons. The Morgan fingerprint density at radius 3 is 0.966 bits per heavy atom. The molecule has 55 heteroatoms. The third kappa shape index (κ3) is 27.8. The number of rotatable bonds is 40. The van der Waals surface area contributed by atoms with Crippen LogP contribution in [0.1, 0.15) is 141 Å². The number of aliphatic hydroxyl groups is 6. The molecule has 0 aromatic heterocycles. The molecule has 0 bridgehead atoms. The molecule has 55 nitrogen and oxygen atoms in total. The first-order valence-electron chi connectivity index (χ1n) is 49.3. The summed E-state index contributed by atoms with van der Waals surface area (Å²) in [6, 6.07) is -10.2. The number of nitrogens with two attached hydrogens (primary N) is 2. The fourth-order valence-corrected chi connectivity index (χ4v) is 21.2. The van der Waals surface area contributed by atoms with Crippen molar-refractivity contribution < 1.29 is 146 Å². The van der Waals surface area contributed by atoms with E-state index < -0.39 is 328 Å². The van der Waals surface area contributed by atoms with Gasteiger partial charge in [-0.15, -0.1) is 0 Å². The molecule has 0 radical (unpaired) electrons. The van der Waals surface area contributed by atoms with E-state index in [0.717, 1.165) is 34.3 Å². The summed E-state index contributed by atoms with van der Waals surface area (Å²) in [7, 11) is 0. The number of likely N-dealkylation sites (tertiary alicyclic amines) is 11. The Morgan fingerprint density at radius 1 is 0.342 bits per heavy atom. The Labute approximate surface area is 836 Å². The van der Waals surface area contributed by atoms with Gasteiger partial charge in [-0.05, 0) is 89.0 Å². The zero-order valence-corrected chi connectivity index (χ0v) is 80.8. The number of guanidine groups is 1. The van der Waals surface area contributed by atoms with E-state index in [0.29, 0.717) is 31.2 Å². The van der Waals surface area contributed by atoms with Crippen LogP contribution < -0.4 is 70.0 Å². The van der Waals surface area contributed by atoms with Crippen molar-refractivity contribution in [1.29, 1.82) is 5.41 Å². The van der Waals surface area contributed by atoms with Gasteiger partial charge in [-0.1, -0.05) is 30.3 Å². The van der Waals surface area contributed by atoms with Gasteiger partial charge >= 0.3 is 5.97 Å². The van der Waals surface area contributed by atoms with E-state index in [1.807, 2.05) is 0 Å². The predicted octanol–water partition coefficient (Wildman–Crippen LogP) is -14.1. The van der Waals surface area contributed by atoms with Crippen molar-refractivity contribution in [3.8, 4) is 0 Å². The number of carbonyl (C=O) groups is 23. The van der Waals surface area contributed by atoms with Gasteiger partial charge in [-0.2, -0.15) is 0 Å². The van der Waals surface area contributed by atoms with Crippen molar-refractivity contribution in [2.45, 2.75) is 263 Å². The van der Waals surface area contributed by atoms with Crippen LogP contribution in [0, 0.1) is 5.41 Å². The first kappa shape index (κ1) is 111. The van der Waals surface area contributed by atoms with Gasteiger partial charge in [0.05, 0.1) is 82.4 Å². The molecule has 0 unspecified atom stereocenters. The fraction of sp³-hybridized carbons (Fsp3) is 0.670. The Kier molecular flexibility index (Phi) is 38.1. The van der Waals surface area contributed by atoms with Crippen molar-refractivity contribution in [2.24, 2.45) is 11.5 Å². The van der Waals surface area contributed by atoms with Crippen LogP contribution in [0.5, 0.6) is 0 Å². The van der Waals surface area contributed by atoms with Crippen LogP contribution in [0.3, 0.4) is 0 Å². The number of carbonyl (C=O) groups excluding carboxylic acids is 22. The highest BCUT2D eigenvalue weighted by molar-refractivity contribution is 6.03. The molecule has 1 aromatic rings. The number of carboxylic acid groups (broad SMARTS) is 1. The molecule has 11 aliphatic rings. The highest BCUT2D eigenvalue weighted by atomic mass is 16.4. The van der Waals surface area contributed by atoms with Crippen LogP contribution >= 0.6 is 0 Å². The standard InChI is InChI=1S/C91H131N25O30/c1-47(117)96-36-71(126)106-22-7-15-59(106)87(143)114-44-52(121)31-66(114)82(138)101-39-74(129)109-25-9-17-61(109)88(144)113-43-51(120)30-65(113)81(137)98-35-70(125)104-57(27-48-11-3-2-4-12-48)85(141)112-42-50(119)29-64(112)80(136)97-34-69(124)103-56(19-20-76(131)132)79(135)105-55(13-5-21-95-91(93)94)78(134)99-37-72(127)108-24-8-16-60(108)89(145)115-45-53(122)32-67(115)84(140)102-40-75(130)110-26-10-18-62(110)90(146)116-46-54(123)33-68(116)83(139)100-38-73(128)107-23-6-14-58(107)86(142)111-41-49(118)28-63(111)77(92)133/h2-4,11-12,49-68,118-123H,5-10,13-46H2,1H3,(H2,92,133)(H,96,117)(H,97,136)(H,98,137)(H,99,134)(H,100,139)(H,101,138)(H,102,140)(H,103,124)(H,104,125)(H,105,135)(H,131,132)(H4,93,94,95)/t49-,50-,51-,52-,53-,54-,55+,56+,57+,58+,59+,60+,61+,62+,63+,64+,65+,66+,67+,68+/m1/s1. The topological polar surface area (TPSA) is 778 Å². The number of aliphatic carboxylic acids is 1. The van der Waals surface area contributed by atoms with E-state index >= 15 is 0 Å². The van der Waals surface area contributed by atoms with Crippen LogP contribution in [0.25, 0.3) is 0 Å². The van der Waals surface area contributed by atoms with Gasteiger partial charge in [0.15, 0.2) is 5.96 Å². The lowest BCUT2D eigenvalue weighted by Crippen LogP contribution is -2.57. The van der Waals surface area contributed by atoms with Crippen molar-refractivity contribution in [1.82, 2.24) is 112 Å². The van der Waals surface area contributed by atoms with Crippen LogP contribution in [0.4, 0.5) is 0 Å². The first-order valence-corrected chi connectivity index (χ1v) is 49.3. The molecule has 22 amide bonds. The summed E-state index contributed by atoms with van der Waals surface area (Å²) in [5.74, 6) is -19.6. The van der Waals surface area contributed by atoms with E-state index in [9.17, 15) is 146 Å². The molecule has 0 saturated carbocycles. The Bertz CT molecular complexity index is 5140. The average Bonchev–Trinajstić information content (AvgIpc) is 1.66. The molecular formula is C91H131N25O30. The molecule has 11 saturated heterocycles. The second kappa shape index (κ2) is 50.2. The minimum absolute atomic E-state index is 0.00283. The number of β-amino-alcohol motifs (C(OH)–C–C–N with tert-alkyl or cyclic N) is 6. The number of hydrogen-bond acceptors (Lipinski definition) is 30. The first-order chi connectivity index (χ1) is 69.4. The molecular weight excluding hydrogens is 1920 g/mol. The second-order valence-electron chi connectivity index (χ2n) is 38.6. The average molecular weight is 2060 g/mol. The van der Waals surface area contributed by atoms with E-state index in [1.54, 1.807) is 30.3 Å². The molecule has 1 aromatic carbocycles. The number of aliphatic hydroxyl groups excluding tert-OH is 6. The highest BCUT2D eigenvalue weighted by Gasteiger charge is 2.53. The molecule has 11 fully saturated rings. The normalized spacial score (nSPS) is 26.4. The Morgan fingerprint density at radius 2 is 0.637 bits per heavy atom. The van der Waals surface area contributed by atoms with Crippen LogP contribution in [-0.4, -0.2) is 477 Å². The van der Waals surface area contributed by atoms with Crippen LogP contribution in [-0.2, 0) is 117 Å². The van der Waals surface area contributed by atoms with Gasteiger partial charge in [-0.3, -0.25) is 116 Å². The number of hydrogen-bond donors (Lipinski definition) is 21. The van der Waals surface area contributed by atoms with Gasteiger partial charge in [0, 0.05) is 137 Å². The van der Waals surface area contributed by atoms with E-state index in [4.69, 9.17) is 16.9 Å². The van der Waals surface area contributed by atoms with Crippen LogP contribution in [0.15, 0.2) is 30.3 Å². The maximum atomic E-state index is 14.8. The fourth-order valence-electron chi connectivity index (χ4n) is 21.2. The zero-order valence-electron chi connectivity index (χ0n) is 80.8. The van der Waals surface area contributed by atoms with Crippen LogP contribution in [0.2, 0.25) is 0 Å². The third-order valence-corrected chi connectivity index (χ3v) is 28.3. The molecule has 20 atom stereocenters. The summed E-state index contributed by atoms with van der Waals surface area (Å²) < 4.78 is 0. The number of nitrogens with zero attached hydrogens (tertiary/aromatic N) is 11. The van der Waals surface area contributed by atoms with E-state index in [2.05, 4.69) is 58.5 Å². The number of benzene rings is 1. The Hall–Kier alpha value is -13.9. The molecule has 23 N–H and O–H groups in total. The lowest BCUT2D eigenvalue weighted by Gasteiger charge is -2.32. The summed E-state index contributed by atoms with van der Waals surface area (Å²) in [4.78, 5) is 329. The molecule has 146 heavy (non-hydrogen) atoms. The van der Waals surface area contributed by atoms with Gasteiger partial charge in [0.1, 0.15) is 84.6 Å². The van der Waals surface area contributed by atoms with Crippen molar-refractivity contribution in [3.05, 3.63) is 35.9 Å². The monoisotopic (exact) mass is 2050 g/mol. The summed E-state index contributed by atoms with van der Waals surface area (Å²) >= 11 is 0. The third-order valence-electron chi connectivity index (χ3n) is 28.3. The zero-order chi connectivity index (χ0) is 106. The predicted molar refractivity (Wildman–Crippen MR) is 498 cm³/mol. The number of nitrogens with one attached hydrogen (secondary N) is 12. The molecule has 12 rings (SSSR count). The van der Waals surface area contributed by atoms with Gasteiger partial charge in [-0.25, -0.2) is 0 Å². The number of carboxylic acids is 1. The highest BCUT2D eigenvalue weighted by Crippen LogP contribution is 2.33. The largest absolute Gasteiger partial charge is 0.481 e. The molecule has 0 spiro atoms. The van der Waals surface area contributed by atoms with Gasteiger partial charge in [0.25, 0.3) is 0 Å². The van der Waals surface area contributed by atoms with Crippen molar-refractivity contribution >= 4 is 142 Å². The minimum atomic E-state index is -1.76. The molecule has 11 aliphatic heterocycles. The Balaban J connectivity index is 0.603. The van der Waals surface area contributed by atoms with Crippen molar-refractivity contribution in [2.75, 3.05) is 124 Å². The SMILES string of the molecule is CC(=O)NCC(=O)N1CCC[C@H]1C(=O)N1C[C@H](O)C[C@H]1C(=O)NCC(=O)N1CCC[C@H]1C(=O)N1C[C@H](O)C[C@H]1C(=O)NCC(=O)N[C@@H](Cc1ccccc1)C(=O)N1C[C@H](O)C[C@H]1C(=O)NCC(=O)N[C@@H](CCC(=O)O)C(=O)N[C@@H](CCCNC(=N)N)C(=O)NCC(=O)N1CCC[C@H]1C(=O)N1C[C@H](O)C[C@H]1C(=O)NCC(=O)N1CCC[C@H]1C(=O)N1C[C@H](O)C[C@H]1C(=O)NCC(=O)N1CCC[C@H]1C(=O)N1C[C@H](O)C[C@H]1C(N)=O. The number of amides is 22. The maximum Gasteiger partial charge on any atom is 0.303 e. The summed E-state index contributed by atoms with van der Waals surface area (Å²) in [6.45, 7) is -5.29. The van der Waals surface area contributed by atoms with E-state index in [1.165, 1.54) is 26.5 Å². The smallest absolute Gasteiger partial charge is 0.303 e. The quantitative estimate of drug-likeness (QED) is 0.0165. The summed E-state index contributed by atoms with van der Waals surface area (Å²) in [5.41, 5.74) is 11.5. The number of primary amides is 1. The summed E-state index contributed by atoms with van der Waals surface area (Å²) in [6.07, 6.45) is -8.03. The van der Waals surface area contributed by atoms with Gasteiger partial charge < -0.3 is 160 Å². The maximum absolute atomic E-state index is 14.8. The molecule has 0 aliphatic carbocycles. The van der Waals surface area contributed by atoms with Crippen molar-refractivity contribution in [3.63, 3.8) is 0 Å². The minimum Gasteiger partial charge on any atom is -0.481 e.